The number of rotatable bonds is 13. The minimum atomic E-state index is -3.03. The molecule has 4 atom stereocenters. The zero-order chi connectivity index (χ0) is 46.0. The second-order valence-electron chi connectivity index (χ2n) is 19.6. The van der Waals surface area contributed by atoms with E-state index in [0.29, 0.717) is 24.8 Å². The lowest BCUT2D eigenvalue weighted by Gasteiger charge is -2.46. The van der Waals surface area contributed by atoms with Crippen LogP contribution in [0.3, 0.4) is 0 Å². The smallest absolute Gasteiger partial charge is 0.455 e. The van der Waals surface area contributed by atoms with Gasteiger partial charge in [-0.25, -0.2) is 0 Å². The lowest BCUT2D eigenvalue weighted by Crippen LogP contribution is -2.66. The molecule has 4 aliphatic rings. The Morgan fingerprint density at radius 3 is 2.06 bits per heavy atom. The highest BCUT2D eigenvalue weighted by atomic mass is 79.9. The zero-order valence-corrected chi connectivity index (χ0v) is 40.8. The first-order valence-electron chi connectivity index (χ1n) is 23.6. The average molecular weight is 964 g/mol. The van der Waals surface area contributed by atoms with Gasteiger partial charge in [0.25, 0.3) is 8.32 Å². The van der Waals surface area contributed by atoms with Gasteiger partial charge in [-0.15, -0.1) is 0 Å². The van der Waals surface area contributed by atoms with Crippen molar-refractivity contribution in [3.63, 3.8) is 0 Å². The Balaban J connectivity index is 1.08. The number of nitrogens with zero attached hydrogens (tertiary/aromatic N) is 2. The summed E-state index contributed by atoms with van der Waals surface area (Å²) in [7, 11) is -4.14. The number of halogens is 1. The van der Waals surface area contributed by atoms with E-state index >= 15 is 4.79 Å². The monoisotopic (exact) mass is 962 g/mol. The van der Waals surface area contributed by atoms with Gasteiger partial charge in [-0.3, -0.25) is 19.4 Å². The number of hydrogen-bond donors (Lipinski definition) is 2. The number of phenols is 1. The quantitative estimate of drug-likeness (QED) is 0.0525. The van der Waals surface area contributed by atoms with Crippen LogP contribution >= 0.6 is 15.9 Å². The van der Waals surface area contributed by atoms with E-state index in [0.717, 1.165) is 69.6 Å². The van der Waals surface area contributed by atoms with Crippen molar-refractivity contribution in [1.82, 2.24) is 9.80 Å². The number of carbonyl (C=O) groups is 2. The fourth-order valence-corrected chi connectivity index (χ4v) is 16.4. The van der Waals surface area contributed by atoms with Crippen LogP contribution in [-0.4, -0.2) is 79.0 Å². The molecular formula is C55H60BBrN2O6Si. The van der Waals surface area contributed by atoms with Gasteiger partial charge in [0.15, 0.2) is 0 Å². The Bertz CT molecular complexity index is 2520. The van der Waals surface area contributed by atoms with Gasteiger partial charge in [0.1, 0.15) is 5.75 Å². The number of fused-ring (bicyclic) bond motifs is 3. The first kappa shape index (κ1) is 46.2. The van der Waals surface area contributed by atoms with Crippen LogP contribution in [-0.2, 0) is 25.2 Å². The zero-order valence-electron chi connectivity index (χ0n) is 38.2. The normalized spacial score (nSPS) is 22.2. The first-order chi connectivity index (χ1) is 31.9. The molecule has 0 unspecified atom stereocenters. The summed E-state index contributed by atoms with van der Waals surface area (Å²) in [6.07, 6.45) is 4.62. The largest absolute Gasteiger partial charge is 0.507 e. The highest BCUT2D eigenvalue weighted by Gasteiger charge is 2.59. The maximum Gasteiger partial charge on any atom is 0.455 e. The van der Waals surface area contributed by atoms with Crippen LogP contribution in [0.25, 0.3) is 11.6 Å². The summed E-state index contributed by atoms with van der Waals surface area (Å²) in [6, 6.07) is 47.0. The minimum absolute atomic E-state index is 0.0887. The molecule has 3 aliphatic heterocycles. The molecule has 0 aromatic heterocycles. The second-order valence-corrected chi connectivity index (χ2v) is 24.8. The molecule has 0 bridgehead atoms. The first-order valence-corrected chi connectivity index (χ1v) is 26.3. The molecular weight excluding hydrogens is 903 g/mol. The van der Waals surface area contributed by atoms with Crippen molar-refractivity contribution < 1.29 is 28.8 Å². The summed E-state index contributed by atoms with van der Waals surface area (Å²) in [6.45, 7) is 9.52. The fourth-order valence-electron chi connectivity index (χ4n) is 11.5. The maximum atomic E-state index is 15.0. The molecule has 3 heterocycles. The average Bonchev–Trinajstić information content (AvgIpc) is 3.58. The number of piperidine rings is 1. The molecule has 0 spiro atoms. The summed E-state index contributed by atoms with van der Waals surface area (Å²) in [4.78, 5) is 34.0. The van der Waals surface area contributed by atoms with Crippen molar-refractivity contribution in [2.75, 3.05) is 19.7 Å². The van der Waals surface area contributed by atoms with Gasteiger partial charge in [0.2, 0.25) is 11.8 Å². The number of allylic oxidation sites excluding steroid dienone is 1. The van der Waals surface area contributed by atoms with Gasteiger partial charge < -0.3 is 19.2 Å². The number of phenolic OH excluding ortho intramolecular Hbond substituents is 1. The lowest BCUT2D eigenvalue weighted by atomic mass is 9.58. The Labute approximate surface area is 399 Å². The summed E-state index contributed by atoms with van der Waals surface area (Å²) in [5, 5.41) is 24.6. The Morgan fingerprint density at radius 2 is 1.44 bits per heavy atom. The maximum absolute atomic E-state index is 15.0. The van der Waals surface area contributed by atoms with E-state index in [1.807, 2.05) is 54.6 Å². The number of aromatic hydroxyl groups is 1. The third-order valence-electron chi connectivity index (χ3n) is 14.5. The standard InChI is InChI=1S/C55H60BBrN2O6Si/c1-55(2,3)66(45-20-12-6-13-21-45,46-22-14-7-15-23-46)64-37-42-34-47-52(54(62)59(53(47)61)44-28-30-58(31-29-44)36-38-16-8-4-9-17-38)48-35-56(63)65-50(51(42)48)27-24-40(39-18-10-5-11-19-39)32-41-33-43(57)25-26-49(41)60/h4-23,25-26,32-33,44,47-48,50,52,60,63H,24,27-31,34-37H2,1-3H3/b40-32-/t47-,48+,50-,52-/m1/s1. The Kier molecular flexibility index (Phi) is 13.8. The molecule has 3 saturated heterocycles. The number of likely N-dealkylation sites (tertiary alicyclic amines) is 2. The van der Waals surface area contributed by atoms with Crippen molar-refractivity contribution in [2.45, 2.75) is 82.9 Å². The van der Waals surface area contributed by atoms with Crippen molar-refractivity contribution in [3.05, 3.63) is 172 Å². The molecule has 9 rings (SSSR count). The molecule has 3 fully saturated rings. The van der Waals surface area contributed by atoms with Gasteiger partial charge in [0, 0.05) is 35.7 Å². The third-order valence-corrected chi connectivity index (χ3v) is 20.0. The molecule has 66 heavy (non-hydrogen) atoms. The summed E-state index contributed by atoms with van der Waals surface area (Å²) >= 11 is 3.58. The third kappa shape index (κ3) is 9.35. The topological polar surface area (TPSA) is 99.5 Å². The lowest BCUT2D eigenvalue weighted by molar-refractivity contribution is -0.144. The number of imide groups is 1. The van der Waals surface area contributed by atoms with Gasteiger partial charge in [-0.05, 0) is 112 Å². The van der Waals surface area contributed by atoms with Crippen molar-refractivity contribution >= 4 is 65.2 Å². The predicted octanol–water partition coefficient (Wildman–Crippen LogP) is 9.51. The van der Waals surface area contributed by atoms with Crippen molar-refractivity contribution in [1.29, 1.82) is 0 Å². The van der Waals surface area contributed by atoms with Gasteiger partial charge in [-0.1, -0.05) is 158 Å². The van der Waals surface area contributed by atoms with Gasteiger partial charge in [0.05, 0.1) is 24.5 Å². The predicted molar refractivity (Wildman–Crippen MR) is 269 cm³/mol. The molecule has 8 nitrogen and oxygen atoms in total. The minimum Gasteiger partial charge on any atom is -0.507 e. The number of hydrogen-bond acceptors (Lipinski definition) is 7. The Morgan fingerprint density at radius 1 is 0.833 bits per heavy atom. The van der Waals surface area contributed by atoms with Gasteiger partial charge >= 0.3 is 7.12 Å². The molecule has 2 amide bonds. The highest BCUT2D eigenvalue weighted by Crippen LogP contribution is 2.52. The van der Waals surface area contributed by atoms with Crippen LogP contribution < -0.4 is 10.4 Å². The molecule has 2 N–H and O–H groups in total. The molecule has 11 heteroatoms. The summed E-state index contributed by atoms with van der Waals surface area (Å²) < 4.78 is 15.1. The molecule has 0 radical (unpaired) electrons. The number of benzene rings is 5. The van der Waals surface area contributed by atoms with Crippen LogP contribution in [0.4, 0.5) is 0 Å². The van der Waals surface area contributed by atoms with E-state index in [9.17, 15) is 14.9 Å². The number of carbonyl (C=O) groups excluding carboxylic acids is 2. The Hall–Kier alpha value is -4.88. The summed E-state index contributed by atoms with van der Waals surface area (Å²) in [5.41, 5.74) is 5.96. The molecule has 5 aromatic carbocycles. The van der Waals surface area contributed by atoms with Crippen LogP contribution in [0.2, 0.25) is 11.4 Å². The molecule has 0 saturated carbocycles. The SMILES string of the molecule is CC(C)(C)[Si](OCC1=C2[C@@H](CC/C(=C/c3cc(Br)ccc3O)c3ccccc3)OB(O)C[C@@H]2[C@@H]2C(=O)N(C3CCN(Cc4ccccc4)CC3)C(=O)[C@@H]2C1)(c1ccccc1)c1ccccc1. The van der Waals surface area contributed by atoms with E-state index in [4.69, 9.17) is 9.08 Å². The van der Waals surface area contributed by atoms with E-state index in [2.05, 4.69) is 127 Å². The van der Waals surface area contributed by atoms with E-state index < -0.39 is 39.3 Å². The molecule has 340 valence electrons. The van der Waals surface area contributed by atoms with E-state index in [-0.39, 0.29) is 41.6 Å². The van der Waals surface area contributed by atoms with Crippen molar-refractivity contribution in [3.8, 4) is 5.75 Å². The van der Waals surface area contributed by atoms with Crippen LogP contribution in [0.15, 0.2) is 155 Å². The van der Waals surface area contributed by atoms with Crippen LogP contribution in [0.5, 0.6) is 5.75 Å². The van der Waals surface area contributed by atoms with Crippen molar-refractivity contribution in [2.24, 2.45) is 17.8 Å². The van der Waals surface area contributed by atoms with Crippen LogP contribution in [0, 0.1) is 17.8 Å². The van der Waals surface area contributed by atoms with Gasteiger partial charge in [-0.2, -0.15) is 0 Å². The summed E-state index contributed by atoms with van der Waals surface area (Å²) in [5.74, 6) is -1.55. The second kappa shape index (κ2) is 19.8. The molecule has 5 aromatic rings. The van der Waals surface area contributed by atoms with Crippen LogP contribution in [0.1, 0.15) is 69.6 Å². The van der Waals surface area contributed by atoms with E-state index in [1.165, 1.54) is 5.56 Å². The molecule has 1 aliphatic carbocycles. The highest BCUT2D eigenvalue weighted by molar-refractivity contribution is 9.10. The van der Waals surface area contributed by atoms with E-state index in [1.54, 1.807) is 11.0 Å². The number of amides is 2. The fraction of sp³-hybridized carbons (Fsp3) is 0.345.